The molecule has 4 rings (SSSR count). The van der Waals surface area contributed by atoms with Gasteiger partial charge in [-0.05, 0) is 56.0 Å². The minimum Gasteiger partial charge on any atom is -0.324 e. The molecule has 2 aromatic carbocycles. The van der Waals surface area contributed by atoms with Crippen LogP contribution in [-0.2, 0) is 4.79 Å². The molecule has 0 aliphatic rings. The number of hydrogen-bond acceptors (Lipinski definition) is 4. The summed E-state index contributed by atoms with van der Waals surface area (Å²) in [6.07, 6.45) is 0.430. The van der Waals surface area contributed by atoms with E-state index in [-0.39, 0.29) is 11.5 Å². The zero-order valence-corrected chi connectivity index (χ0v) is 19.7. The molecule has 0 spiro atoms. The molecule has 170 valence electrons. The Balaban J connectivity index is 1.73. The molecule has 7 nitrogen and oxygen atoms in total. The van der Waals surface area contributed by atoms with Gasteiger partial charge in [-0.1, -0.05) is 51.1 Å². The van der Waals surface area contributed by atoms with E-state index in [1.165, 1.54) is 10.2 Å². The maximum atomic E-state index is 13.5. The maximum Gasteiger partial charge on any atom is 0.278 e. The fourth-order valence-corrected chi connectivity index (χ4v) is 4.06. The molecule has 7 heteroatoms. The van der Waals surface area contributed by atoms with Crippen molar-refractivity contribution < 1.29 is 4.79 Å². The molecular formula is C26H29N5O2. The van der Waals surface area contributed by atoms with Gasteiger partial charge in [0.15, 0.2) is 0 Å². The van der Waals surface area contributed by atoms with Gasteiger partial charge in [-0.2, -0.15) is 10.2 Å². The molecule has 0 bridgehead atoms. The second-order valence-electron chi connectivity index (χ2n) is 8.58. The van der Waals surface area contributed by atoms with E-state index in [0.717, 1.165) is 11.4 Å². The number of rotatable bonds is 6. The highest BCUT2D eigenvalue weighted by Crippen LogP contribution is 2.22. The number of carbonyl (C=O) groups is 1. The average molecular weight is 444 g/mol. The molecule has 0 aliphatic carbocycles. The quantitative estimate of drug-likeness (QED) is 0.459. The van der Waals surface area contributed by atoms with E-state index >= 15 is 0 Å². The Morgan fingerprint density at radius 1 is 1.00 bits per heavy atom. The van der Waals surface area contributed by atoms with Crippen LogP contribution in [0.4, 0.5) is 5.69 Å². The van der Waals surface area contributed by atoms with E-state index < -0.39 is 6.04 Å². The van der Waals surface area contributed by atoms with E-state index in [9.17, 15) is 9.59 Å². The lowest BCUT2D eigenvalue weighted by Gasteiger charge is -2.18. The third kappa shape index (κ3) is 4.18. The van der Waals surface area contributed by atoms with Crippen molar-refractivity contribution in [2.75, 3.05) is 5.32 Å². The third-order valence-corrected chi connectivity index (χ3v) is 5.97. The van der Waals surface area contributed by atoms with Crippen LogP contribution in [0.1, 0.15) is 56.1 Å². The lowest BCUT2D eigenvalue weighted by atomic mass is 10.0. The Hall–Kier alpha value is -3.74. The maximum absolute atomic E-state index is 13.5. The summed E-state index contributed by atoms with van der Waals surface area (Å²) in [5.41, 5.74) is 4.33. The Labute approximate surface area is 193 Å². The van der Waals surface area contributed by atoms with E-state index in [2.05, 4.69) is 29.4 Å². The SMILES string of the molecule is CC[C@@H](C(=O)Nc1ccc(C(C)C)cc1)n1nc(C)c2nn(-c3ccccc3)c(C)c2c1=O. The normalized spacial score (nSPS) is 12.3. The summed E-state index contributed by atoms with van der Waals surface area (Å²) in [5, 5.41) is 12.6. The van der Waals surface area contributed by atoms with Gasteiger partial charge in [-0.3, -0.25) is 9.59 Å². The molecular weight excluding hydrogens is 414 g/mol. The van der Waals surface area contributed by atoms with Crippen LogP contribution in [0.5, 0.6) is 0 Å². The van der Waals surface area contributed by atoms with Gasteiger partial charge in [0.2, 0.25) is 5.91 Å². The number of carbonyl (C=O) groups excluding carboxylic acids is 1. The first-order chi connectivity index (χ1) is 15.8. The molecule has 1 amide bonds. The Kier molecular flexibility index (Phi) is 6.14. The molecule has 1 atom stereocenters. The second kappa shape index (κ2) is 9.02. The van der Waals surface area contributed by atoms with Crippen LogP contribution in [0.25, 0.3) is 16.6 Å². The van der Waals surface area contributed by atoms with Gasteiger partial charge in [-0.15, -0.1) is 0 Å². The van der Waals surface area contributed by atoms with Crippen LogP contribution in [0.3, 0.4) is 0 Å². The van der Waals surface area contributed by atoms with E-state index in [4.69, 9.17) is 0 Å². The lowest BCUT2D eigenvalue weighted by molar-refractivity contribution is -0.119. The summed E-state index contributed by atoms with van der Waals surface area (Å²) in [4.78, 5) is 26.6. The molecule has 0 unspecified atom stereocenters. The summed E-state index contributed by atoms with van der Waals surface area (Å²) in [5.74, 6) is 0.145. The molecule has 4 aromatic rings. The lowest BCUT2D eigenvalue weighted by Crippen LogP contribution is -2.35. The molecule has 0 radical (unpaired) electrons. The zero-order valence-electron chi connectivity index (χ0n) is 19.7. The van der Waals surface area contributed by atoms with Gasteiger partial charge in [0.05, 0.1) is 22.5 Å². The number of para-hydroxylation sites is 1. The molecule has 0 saturated heterocycles. The number of amides is 1. The summed E-state index contributed by atoms with van der Waals surface area (Å²) in [6.45, 7) is 9.80. The largest absolute Gasteiger partial charge is 0.324 e. The molecule has 2 aromatic heterocycles. The average Bonchev–Trinajstić information content (AvgIpc) is 3.16. The van der Waals surface area contributed by atoms with E-state index in [0.29, 0.717) is 34.6 Å². The first-order valence-corrected chi connectivity index (χ1v) is 11.3. The van der Waals surface area contributed by atoms with Crippen LogP contribution in [0.15, 0.2) is 59.4 Å². The third-order valence-electron chi connectivity index (χ3n) is 5.97. The number of fused-ring (bicyclic) bond motifs is 1. The molecule has 0 aliphatic heterocycles. The Bertz CT molecular complexity index is 1350. The summed E-state index contributed by atoms with van der Waals surface area (Å²) in [6, 6.07) is 16.7. The fourth-order valence-electron chi connectivity index (χ4n) is 4.06. The summed E-state index contributed by atoms with van der Waals surface area (Å²) >= 11 is 0. The van der Waals surface area contributed by atoms with Crippen LogP contribution in [0.2, 0.25) is 0 Å². The van der Waals surface area contributed by atoms with Crippen molar-refractivity contribution in [3.63, 3.8) is 0 Å². The topological polar surface area (TPSA) is 81.8 Å². The summed E-state index contributed by atoms with van der Waals surface area (Å²) < 4.78 is 3.06. The second-order valence-corrected chi connectivity index (χ2v) is 8.58. The van der Waals surface area contributed by atoms with Crippen molar-refractivity contribution in [3.8, 4) is 5.69 Å². The zero-order chi connectivity index (χ0) is 23.7. The number of aryl methyl sites for hydroxylation is 2. The van der Waals surface area contributed by atoms with Gasteiger partial charge in [-0.25, -0.2) is 9.36 Å². The number of aromatic nitrogens is 4. The molecule has 0 fully saturated rings. The van der Waals surface area contributed by atoms with E-state index in [1.807, 2.05) is 75.4 Å². The van der Waals surface area contributed by atoms with Crippen molar-refractivity contribution in [3.05, 3.63) is 81.9 Å². The van der Waals surface area contributed by atoms with Crippen molar-refractivity contribution in [2.45, 2.75) is 53.0 Å². The van der Waals surface area contributed by atoms with Crippen LogP contribution < -0.4 is 10.9 Å². The number of nitrogens with zero attached hydrogens (tertiary/aromatic N) is 4. The number of nitrogens with one attached hydrogen (secondary N) is 1. The van der Waals surface area contributed by atoms with Crippen molar-refractivity contribution in [1.82, 2.24) is 19.6 Å². The molecule has 0 saturated carbocycles. The minimum absolute atomic E-state index is 0.267. The first kappa shape index (κ1) is 22.5. The van der Waals surface area contributed by atoms with Crippen LogP contribution >= 0.6 is 0 Å². The highest BCUT2D eigenvalue weighted by molar-refractivity contribution is 5.94. The van der Waals surface area contributed by atoms with Crippen molar-refractivity contribution >= 4 is 22.5 Å². The molecule has 33 heavy (non-hydrogen) atoms. The van der Waals surface area contributed by atoms with Gasteiger partial charge < -0.3 is 5.32 Å². The van der Waals surface area contributed by atoms with E-state index in [1.54, 1.807) is 4.68 Å². The minimum atomic E-state index is -0.732. The highest BCUT2D eigenvalue weighted by atomic mass is 16.2. The predicted molar refractivity (Wildman–Crippen MR) is 131 cm³/mol. The molecule has 1 N–H and O–H groups in total. The first-order valence-electron chi connectivity index (χ1n) is 11.3. The fraction of sp³-hybridized carbons (Fsp3) is 0.308. The number of anilines is 1. The number of hydrogen-bond donors (Lipinski definition) is 1. The molecule has 2 heterocycles. The monoisotopic (exact) mass is 443 g/mol. The van der Waals surface area contributed by atoms with Gasteiger partial charge in [0, 0.05) is 5.69 Å². The van der Waals surface area contributed by atoms with Crippen LogP contribution in [-0.4, -0.2) is 25.5 Å². The predicted octanol–water partition coefficient (Wildman–Crippen LogP) is 4.91. The van der Waals surface area contributed by atoms with Crippen molar-refractivity contribution in [2.24, 2.45) is 0 Å². The summed E-state index contributed by atoms with van der Waals surface area (Å²) in [7, 11) is 0. The van der Waals surface area contributed by atoms with Gasteiger partial charge >= 0.3 is 0 Å². The van der Waals surface area contributed by atoms with Gasteiger partial charge in [0.25, 0.3) is 5.56 Å². The van der Waals surface area contributed by atoms with Gasteiger partial charge in [0.1, 0.15) is 11.6 Å². The Morgan fingerprint density at radius 3 is 2.27 bits per heavy atom. The smallest absolute Gasteiger partial charge is 0.278 e. The number of benzene rings is 2. The van der Waals surface area contributed by atoms with Crippen LogP contribution in [0, 0.1) is 13.8 Å². The Morgan fingerprint density at radius 2 is 1.67 bits per heavy atom. The highest BCUT2D eigenvalue weighted by Gasteiger charge is 2.25. The van der Waals surface area contributed by atoms with Crippen molar-refractivity contribution in [1.29, 1.82) is 0 Å². The standard InChI is InChI=1S/C26H29N5O2/c1-6-22(25(32)27-20-14-12-19(13-15-20)16(2)3)31-26(33)23-18(5)30(21-10-8-7-9-11-21)29-24(23)17(4)28-31/h7-16,22H,6H2,1-5H3,(H,27,32)/t22-/m0/s1.